The van der Waals surface area contributed by atoms with Gasteiger partial charge in [-0.05, 0) is 36.5 Å². The number of benzene rings is 1. The molecule has 0 amide bonds. The van der Waals surface area contributed by atoms with E-state index in [2.05, 4.69) is 11.1 Å². The molecule has 1 aliphatic rings. The van der Waals surface area contributed by atoms with Gasteiger partial charge < -0.3 is 10.5 Å². The van der Waals surface area contributed by atoms with Crippen molar-refractivity contribution in [3.8, 4) is 5.75 Å². The normalized spacial score (nSPS) is 15.3. The molecule has 16 heavy (non-hydrogen) atoms. The van der Waals surface area contributed by atoms with Crippen molar-refractivity contribution < 1.29 is 4.74 Å². The van der Waals surface area contributed by atoms with E-state index in [0.717, 1.165) is 17.0 Å². The summed E-state index contributed by atoms with van der Waals surface area (Å²) in [5, 5.41) is 1.17. The van der Waals surface area contributed by atoms with Crippen LogP contribution < -0.4 is 10.5 Å². The number of pyridine rings is 1. The Bertz CT molecular complexity index is 547. The van der Waals surface area contributed by atoms with Gasteiger partial charge in [-0.25, -0.2) is 0 Å². The molecule has 0 aliphatic heterocycles. The highest BCUT2D eigenvalue weighted by Crippen LogP contribution is 2.45. The summed E-state index contributed by atoms with van der Waals surface area (Å²) >= 11 is 0. The lowest BCUT2D eigenvalue weighted by Crippen LogP contribution is -1.96. The van der Waals surface area contributed by atoms with Crippen molar-refractivity contribution in [1.82, 2.24) is 4.98 Å². The molecule has 0 bridgehead atoms. The maximum Gasteiger partial charge on any atom is 0.121 e. The van der Waals surface area contributed by atoms with Crippen LogP contribution in [0.5, 0.6) is 5.75 Å². The predicted octanol–water partition coefficient (Wildman–Crippen LogP) is 2.70. The van der Waals surface area contributed by atoms with Gasteiger partial charge in [0, 0.05) is 11.5 Å². The number of fused-ring (bicyclic) bond motifs is 1. The van der Waals surface area contributed by atoms with Crippen molar-refractivity contribution in [2.24, 2.45) is 0 Å². The molecule has 2 N–H and O–H groups in total. The Morgan fingerprint density at radius 2 is 2.19 bits per heavy atom. The van der Waals surface area contributed by atoms with E-state index in [1.165, 1.54) is 23.8 Å². The second-order valence-electron chi connectivity index (χ2n) is 4.28. The third-order valence-electron chi connectivity index (χ3n) is 3.13. The molecule has 1 fully saturated rings. The Balaban J connectivity index is 2.26. The SMILES string of the molecule is COc1ccc2c(C3CC3)c(N)cnc2c1. The number of rotatable bonds is 2. The summed E-state index contributed by atoms with van der Waals surface area (Å²) in [4.78, 5) is 4.36. The molecule has 0 unspecified atom stereocenters. The fourth-order valence-electron chi connectivity index (χ4n) is 2.16. The van der Waals surface area contributed by atoms with Crippen molar-refractivity contribution in [3.05, 3.63) is 30.0 Å². The molecule has 1 aromatic carbocycles. The summed E-state index contributed by atoms with van der Waals surface area (Å²) < 4.78 is 5.20. The van der Waals surface area contributed by atoms with Crippen LogP contribution >= 0.6 is 0 Å². The Morgan fingerprint density at radius 1 is 1.38 bits per heavy atom. The van der Waals surface area contributed by atoms with Crippen LogP contribution in [-0.2, 0) is 0 Å². The Morgan fingerprint density at radius 3 is 2.88 bits per heavy atom. The first kappa shape index (κ1) is 9.46. The molecule has 82 valence electrons. The lowest BCUT2D eigenvalue weighted by molar-refractivity contribution is 0.415. The molecule has 0 spiro atoms. The zero-order valence-electron chi connectivity index (χ0n) is 9.23. The maximum absolute atomic E-state index is 6.00. The van der Waals surface area contributed by atoms with Crippen molar-refractivity contribution in [2.45, 2.75) is 18.8 Å². The molecule has 3 heteroatoms. The van der Waals surface area contributed by atoms with E-state index in [4.69, 9.17) is 10.5 Å². The summed E-state index contributed by atoms with van der Waals surface area (Å²) in [6.45, 7) is 0. The smallest absolute Gasteiger partial charge is 0.121 e. The molecule has 1 heterocycles. The summed E-state index contributed by atoms with van der Waals surface area (Å²) in [5.74, 6) is 1.48. The molecule has 1 aromatic heterocycles. The molecule has 0 saturated heterocycles. The summed E-state index contributed by atoms with van der Waals surface area (Å²) in [7, 11) is 1.67. The first-order valence-electron chi connectivity index (χ1n) is 5.51. The average molecular weight is 214 g/mol. The Labute approximate surface area is 94.2 Å². The third kappa shape index (κ3) is 1.40. The highest BCUT2D eigenvalue weighted by atomic mass is 16.5. The van der Waals surface area contributed by atoms with Gasteiger partial charge in [0.1, 0.15) is 5.75 Å². The second kappa shape index (κ2) is 3.37. The van der Waals surface area contributed by atoms with Crippen molar-refractivity contribution >= 4 is 16.6 Å². The molecule has 1 aliphatic carbocycles. The third-order valence-corrected chi connectivity index (χ3v) is 3.13. The predicted molar refractivity (Wildman–Crippen MR) is 64.7 cm³/mol. The van der Waals surface area contributed by atoms with Gasteiger partial charge in [0.15, 0.2) is 0 Å². The Hall–Kier alpha value is -1.77. The van der Waals surface area contributed by atoms with Gasteiger partial charge in [0.05, 0.1) is 24.5 Å². The van der Waals surface area contributed by atoms with Crippen molar-refractivity contribution in [1.29, 1.82) is 0 Å². The minimum atomic E-state index is 0.638. The first-order chi connectivity index (χ1) is 7.79. The van der Waals surface area contributed by atoms with E-state index < -0.39 is 0 Å². The average Bonchev–Trinajstić information content (AvgIpc) is 3.12. The summed E-state index contributed by atoms with van der Waals surface area (Å²) in [6, 6.07) is 5.99. The second-order valence-corrected chi connectivity index (χ2v) is 4.28. The zero-order valence-corrected chi connectivity index (χ0v) is 9.23. The number of nitrogen functional groups attached to an aromatic ring is 1. The standard InChI is InChI=1S/C13H14N2O/c1-16-9-4-5-10-12(6-9)15-7-11(14)13(10)8-2-3-8/h4-8H,2-3,14H2,1H3. The van der Waals surface area contributed by atoms with Crippen LogP contribution in [0.4, 0.5) is 5.69 Å². The number of aromatic nitrogens is 1. The number of hydrogen-bond donors (Lipinski definition) is 1. The van der Waals surface area contributed by atoms with E-state index in [1.54, 1.807) is 13.3 Å². The van der Waals surface area contributed by atoms with Gasteiger partial charge in [-0.2, -0.15) is 0 Å². The van der Waals surface area contributed by atoms with Gasteiger partial charge in [-0.15, -0.1) is 0 Å². The van der Waals surface area contributed by atoms with Gasteiger partial charge >= 0.3 is 0 Å². The lowest BCUT2D eigenvalue weighted by atomic mass is 10.0. The first-order valence-corrected chi connectivity index (χ1v) is 5.51. The number of ether oxygens (including phenoxy) is 1. The fraction of sp³-hybridized carbons (Fsp3) is 0.308. The molecule has 2 aromatic rings. The molecule has 0 atom stereocenters. The van der Waals surface area contributed by atoms with E-state index in [1.807, 2.05) is 12.1 Å². The fourth-order valence-corrected chi connectivity index (χ4v) is 2.16. The van der Waals surface area contributed by atoms with Crippen LogP contribution in [0.15, 0.2) is 24.4 Å². The minimum absolute atomic E-state index is 0.638. The summed E-state index contributed by atoms with van der Waals surface area (Å²) in [6.07, 6.45) is 4.25. The number of anilines is 1. The van der Waals surface area contributed by atoms with Crippen LogP contribution in [0.2, 0.25) is 0 Å². The molecule has 0 radical (unpaired) electrons. The van der Waals surface area contributed by atoms with Gasteiger partial charge in [-0.1, -0.05) is 0 Å². The number of methoxy groups -OCH3 is 1. The lowest BCUT2D eigenvalue weighted by Gasteiger charge is -2.09. The van der Waals surface area contributed by atoms with Gasteiger partial charge in [0.2, 0.25) is 0 Å². The molecular formula is C13H14N2O. The van der Waals surface area contributed by atoms with Crippen LogP contribution in [0.25, 0.3) is 10.9 Å². The maximum atomic E-state index is 6.00. The van der Waals surface area contributed by atoms with E-state index >= 15 is 0 Å². The number of nitrogens with two attached hydrogens (primary N) is 1. The number of nitrogens with zero attached hydrogens (tertiary/aromatic N) is 1. The van der Waals surface area contributed by atoms with E-state index in [9.17, 15) is 0 Å². The van der Waals surface area contributed by atoms with Crippen molar-refractivity contribution in [3.63, 3.8) is 0 Å². The minimum Gasteiger partial charge on any atom is -0.497 e. The molecule has 3 nitrogen and oxygen atoms in total. The topological polar surface area (TPSA) is 48.1 Å². The van der Waals surface area contributed by atoms with Crippen molar-refractivity contribution in [2.75, 3.05) is 12.8 Å². The molecular weight excluding hydrogens is 200 g/mol. The monoisotopic (exact) mass is 214 g/mol. The van der Waals surface area contributed by atoms with Crippen LogP contribution in [0.3, 0.4) is 0 Å². The zero-order chi connectivity index (χ0) is 11.1. The highest BCUT2D eigenvalue weighted by Gasteiger charge is 2.27. The molecule has 1 saturated carbocycles. The molecule has 3 rings (SSSR count). The van der Waals surface area contributed by atoms with E-state index in [-0.39, 0.29) is 0 Å². The van der Waals surface area contributed by atoms with Crippen LogP contribution in [-0.4, -0.2) is 12.1 Å². The largest absolute Gasteiger partial charge is 0.497 e. The number of hydrogen-bond acceptors (Lipinski definition) is 3. The van der Waals surface area contributed by atoms with Gasteiger partial charge in [-0.3, -0.25) is 4.98 Å². The van der Waals surface area contributed by atoms with E-state index in [0.29, 0.717) is 5.92 Å². The highest BCUT2D eigenvalue weighted by molar-refractivity contribution is 5.88. The van der Waals surface area contributed by atoms with Gasteiger partial charge in [0.25, 0.3) is 0 Å². The van der Waals surface area contributed by atoms with Crippen LogP contribution in [0, 0.1) is 0 Å². The van der Waals surface area contributed by atoms with Crippen LogP contribution in [0.1, 0.15) is 24.3 Å². The summed E-state index contributed by atoms with van der Waals surface area (Å²) in [5.41, 5.74) is 9.06. The quantitative estimate of drug-likeness (QED) is 0.836. The Kier molecular flexibility index (Phi) is 1.99.